The van der Waals surface area contributed by atoms with Gasteiger partial charge in [-0.05, 0) is 48.5 Å². The summed E-state index contributed by atoms with van der Waals surface area (Å²) in [5.41, 5.74) is 12.1. The van der Waals surface area contributed by atoms with Crippen LogP contribution in [0, 0.1) is 6.92 Å². The number of para-hydroxylation sites is 1. The molecule has 0 bridgehead atoms. The van der Waals surface area contributed by atoms with Crippen LogP contribution in [-0.2, 0) is 14.3 Å². The number of hydrogen-bond donors (Lipinski definition) is 3. The van der Waals surface area contributed by atoms with Crippen molar-refractivity contribution in [1.29, 1.82) is 0 Å². The van der Waals surface area contributed by atoms with Crippen molar-refractivity contribution in [2.45, 2.75) is 19.9 Å². The number of amides is 3. The maximum Gasteiger partial charge on any atom is 0.325 e. The highest BCUT2D eigenvalue weighted by Gasteiger charge is 2.37. The molecule has 0 fully saturated rings. The lowest BCUT2D eigenvalue weighted by atomic mass is 10.1. The largest absolute Gasteiger partial charge is 0.465 e. The minimum atomic E-state index is -1.14. The molecule has 0 aliphatic rings. The van der Waals surface area contributed by atoms with Crippen LogP contribution >= 0.6 is 22.9 Å². The van der Waals surface area contributed by atoms with Crippen LogP contribution in [0.2, 0.25) is 0 Å². The smallest absolute Gasteiger partial charge is 0.325 e. The SMILES string of the molecule is CCOC(=O)CNC(=O)C(c1cccs1)N(C(=O)c1snc(C(N)=O)c1N)c1ccccc1C. The van der Waals surface area contributed by atoms with E-state index in [9.17, 15) is 19.2 Å². The highest BCUT2D eigenvalue weighted by molar-refractivity contribution is 7.10. The van der Waals surface area contributed by atoms with E-state index in [0.717, 1.165) is 11.5 Å². The molecule has 1 atom stereocenters. The number of primary amides is 1. The average molecular weight is 502 g/mol. The van der Waals surface area contributed by atoms with Gasteiger partial charge < -0.3 is 21.5 Å². The fourth-order valence-corrected chi connectivity index (χ4v) is 4.78. The lowest BCUT2D eigenvalue weighted by molar-refractivity contribution is -0.143. The number of esters is 1. The van der Waals surface area contributed by atoms with E-state index in [4.69, 9.17) is 16.2 Å². The van der Waals surface area contributed by atoms with E-state index in [1.165, 1.54) is 16.2 Å². The fourth-order valence-electron chi connectivity index (χ4n) is 3.23. The number of benzene rings is 1. The third-order valence-corrected chi connectivity index (χ3v) is 6.56. The summed E-state index contributed by atoms with van der Waals surface area (Å²) in [5.74, 6) is -2.70. The Morgan fingerprint density at radius 2 is 1.91 bits per heavy atom. The molecule has 2 aromatic heterocycles. The summed E-state index contributed by atoms with van der Waals surface area (Å²) in [6.07, 6.45) is 0. The first-order valence-corrected chi connectivity index (χ1v) is 11.8. The first kappa shape index (κ1) is 24.9. The molecule has 10 nitrogen and oxygen atoms in total. The van der Waals surface area contributed by atoms with Gasteiger partial charge in [-0.3, -0.25) is 24.1 Å². The second-order valence-corrected chi connectivity index (χ2v) is 8.79. The highest BCUT2D eigenvalue weighted by atomic mass is 32.1. The molecule has 0 aliphatic heterocycles. The Balaban J connectivity index is 2.11. The average Bonchev–Trinajstić information content (AvgIpc) is 3.46. The van der Waals surface area contributed by atoms with Crippen molar-refractivity contribution in [3.63, 3.8) is 0 Å². The Hall–Kier alpha value is -3.77. The first-order valence-electron chi connectivity index (χ1n) is 10.2. The molecule has 12 heteroatoms. The molecule has 3 rings (SSSR count). The summed E-state index contributed by atoms with van der Waals surface area (Å²) < 4.78 is 8.80. The Labute approximate surface area is 203 Å². The first-order chi connectivity index (χ1) is 16.3. The van der Waals surface area contributed by atoms with Gasteiger partial charge in [-0.1, -0.05) is 24.3 Å². The third-order valence-electron chi connectivity index (χ3n) is 4.78. The Bertz CT molecular complexity index is 1210. The number of thiophene rings is 1. The highest BCUT2D eigenvalue weighted by Crippen LogP contribution is 2.36. The molecule has 0 radical (unpaired) electrons. The lowest BCUT2D eigenvalue weighted by Crippen LogP contribution is -2.45. The van der Waals surface area contributed by atoms with Gasteiger partial charge in [0.05, 0.1) is 12.3 Å². The number of nitrogen functional groups attached to an aromatic ring is 1. The predicted molar refractivity (Wildman–Crippen MR) is 130 cm³/mol. The van der Waals surface area contributed by atoms with Gasteiger partial charge in [0.15, 0.2) is 11.7 Å². The number of aromatic nitrogens is 1. The van der Waals surface area contributed by atoms with Crippen LogP contribution in [0.25, 0.3) is 0 Å². The molecule has 1 aromatic carbocycles. The zero-order valence-electron chi connectivity index (χ0n) is 18.4. The van der Waals surface area contributed by atoms with Crippen molar-refractivity contribution < 1.29 is 23.9 Å². The fraction of sp³-hybridized carbons (Fsp3) is 0.227. The molecule has 3 aromatic rings. The van der Waals surface area contributed by atoms with Crippen LogP contribution in [0.3, 0.4) is 0 Å². The quantitative estimate of drug-likeness (QED) is 0.379. The molecule has 34 heavy (non-hydrogen) atoms. The van der Waals surface area contributed by atoms with E-state index in [-0.39, 0.29) is 29.4 Å². The van der Waals surface area contributed by atoms with E-state index in [2.05, 4.69) is 9.69 Å². The molecule has 2 heterocycles. The second-order valence-electron chi connectivity index (χ2n) is 7.04. The van der Waals surface area contributed by atoms with Gasteiger partial charge in [-0.25, -0.2) is 0 Å². The number of anilines is 2. The van der Waals surface area contributed by atoms with Gasteiger partial charge in [0.1, 0.15) is 11.4 Å². The number of ether oxygens (including phenoxy) is 1. The number of carbonyl (C=O) groups excluding carboxylic acids is 4. The Morgan fingerprint density at radius 1 is 1.18 bits per heavy atom. The molecule has 3 amide bonds. The molecular formula is C22H23N5O5S2. The van der Waals surface area contributed by atoms with Crippen molar-refractivity contribution in [1.82, 2.24) is 9.69 Å². The predicted octanol–water partition coefficient (Wildman–Crippen LogP) is 2.26. The van der Waals surface area contributed by atoms with E-state index in [1.807, 2.05) is 0 Å². The van der Waals surface area contributed by atoms with Gasteiger partial charge in [-0.15, -0.1) is 11.3 Å². The zero-order chi connectivity index (χ0) is 24.8. The number of nitrogens with one attached hydrogen (secondary N) is 1. The maximum atomic E-state index is 13.8. The van der Waals surface area contributed by atoms with Crippen molar-refractivity contribution in [2.24, 2.45) is 5.73 Å². The van der Waals surface area contributed by atoms with Crippen LogP contribution in [-0.4, -0.2) is 41.2 Å². The molecule has 0 aliphatic carbocycles. The second kappa shape index (κ2) is 10.9. The van der Waals surface area contributed by atoms with Crippen LogP contribution in [0.5, 0.6) is 0 Å². The van der Waals surface area contributed by atoms with Gasteiger partial charge in [0, 0.05) is 10.6 Å². The molecule has 1 unspecified atom stereocenters. The van der Waals surface area contributed by atoms with Gasteiger partial charge >= 0.3 is 5.97 Å². The summed E-state index contributed by atoms with van der Waals surface area (Å²) in [4.78, 5) is 52.5. The van der Waals surface area contributed by atoms with E-state index in [0.29, 0.717) is 16.1 Å². The van der Waals surface area contributed by atoms with Crippen LogP contribution in [0.4, 0.5) is 11.4 Å². The Morgan fingerprint density at radius 3 is 2.50 bits per heavy atom. The number of nitrogens with two attached hydrogens (primary N) is 2. The Kier molecular flexibility index (Phi) is 7.97. The van der Waals surface area contributed by atoms with Crippen LogP contribution in [0.15, 0.2) is 41.8 Å². The standard InChI is InChI=1S/C22H23N5O5S2/c1-3-32-15(28)11-25-21(30)18(14-9-6-10-33-14)27(13-8-5-4-7-12(13)2)22(31)19-16(23)17(20(24)29)26-34-19/h4-10,18H,3,11,23H2,1-2H3,(H2,24,29)(H,25,30). The third kappa shape index (κ3) is 5.24. The van der Waals surface area contributed by atoms with E-state index < -0.39 is 29.7 Å². The summed E-state index contributed by atoms with van der Waals surface area (Å²) in [6, 6.07) is 9.34. The van der Waals surface area contributed by atoms with E-state index >= 15 is 0 Å². The van der Waals surface area contributed by atoms with Gasteiger partial charge in [0.25, 0.3) is 11.8 Å². The zero-order valence-corrected chi connectivity index (χ0v) is 20.1. The number of hydrogen-bond acceptors (Lipinski definition) is 9. The topological polar surface area (TPSA) is 158 Å². The molecule has 178 valence electrons. The van der Waals surface area contributed by atoms with Crippen LogP contribution < -0.4 is 21.7 Å². The lowest BCUT2D eigenvalue weighted by Gasteiger charge is -2.31. The molecule has 0 spiro atoms. The maximum absolute atomic E-state index is 13.8. The number of aryl methyl sites for hydroxylation is 1. The molecule has 5 N–H and O–H groups in total. The monoisotopic (exact) mass is 501 g/mol. The molecule has 0 saturated heterocycles. The normalized spacial score (nSPS) is 11.5. The molecular weight excluding hydrogens is 478 g/mol. The minimum absolute atomic E-state index is 0.0307. The number of carbonyl (C=O) groups is 4. The summed E-state index contributed by atoms with van der Waals surface area (Å²) >= 11 is 1.99. The minimum Gasteiger partial charge on any atom is -0.465 e. The summed E-state index contributed by atoms with van der Waals surface area (Å²) in [6.45, 7) is 3.26. The molecule has 0 saturated carbocycles. The summed E-state index contributed by atoms with van der Waals surface area (Å²) in [5, 5.41) is 4.32. The van der Waals surface area contributed by atoms with Crippen molar-refractivity contribution in [2.75, 3.05) is 23.8 Å². The van der Waals surface area contributed by atoms with E-state index in [1.54, 1.807) is 55.6 Å². The van der Waals surface area contributed by atoms with Crippen molar-refractivity contribution in [3.05, 3.63) is 62.8 Å². The van der Waals surface area contributed by atoms with Crippen molar-refractivity contribution >= 4 is 57.9 Å². The number of rotatable bonds is 9. The number of nitrogens with zero attached hydrogens (tertiary/aromatic N) is 2. The van der Waals surface area contributed by atoms with Gasteiger partial charge in [0.2, 0.25) is 5.91 Å². The van der Waals surface area contributed by atoms with Gasteiger partial charge in [-0.2, -0.15) is 4.37 Å². The summed E-state index contributed by atoms with van der Waals surface area (Å²) in [7, 11) is 0. The van der Waals surface area contributed by atoms with Crippen LogP contribution in [0.1, 0.15) is 43.6 Å². The van der Waals surface area contributed by atoms with Crippen molar-refractivity contribution in [3.8, 4) is 0 Å².